The van der Waals surface area contributed by atoms with E-state index >= 15 is 0 Å². The average molecular weight is 342 g/mol. The third-order valence-electron chi connectivity index (χ3n) is 6.39. The summed E-state index contributed by atoms with van der Waals surface area (Å²) in [4.78, 5) is 15.0. The third kappa shape index (κ3) is 3.75. The number of likely N-dealkylation sites (tertiary alicyclic amines) is 1. The molecule has 1 heterocycles. The van der Waals surface area contributed by atoms with Gasteiger partial charge in [-0.25, -0.2) is 0 Å². The first kappa shape index (κ1) is 17.0. The molecule has 0 aromatic heterocycles. The number of nitrogens with zero attached hydrogens (tertiary/aromatic N) is 1. The van der Waals surface area contributed by atoms with Gasteiger partial charge < -0.3 is 10.4 Å². The number of hydrogen-bond acceptors (Lipinski definition) is 3. The summed E-state index contributed by atoms with van der Waals surface area (Å²) in [6, 6.07) is 6.79. The van der Waals surface area contributed by atoms with E-state index in [-0.39, 0.29) is 18.1 Å². The smallest absolute Gasteiger partial charge is 0.251 e. The van der Waals surface area contributed by atoms with Crippen molar-refractivity contribution in [2.75, 3.05) is 13.1 Å². The number of carbonyl (C=O) groups excluding carboxylic acids is 1. The minimum Gasteiger partial charge on any atom is -0.391 e. The molecule has 1 aromatic carbocycles. The summed E-state index contributed by atoms with van der Waals surface area (Å²) in [5, 5.41) is 13.5. The van der Waals surface area contributed by atoms with Crippen molar-refractivity contribution >= 4 is 5.91 Å². The first-order chi connectivity index (χ1) is 12.2. The monoisotopic (exact) mass is 342 g/mol. The fraction of sp³-hybridized carbons (Fsp3) is 0.667. The Morgan fingerprint density at radius 3 is 2.56 bits per heavy atom. The van der Waals surface area contributed by atoms with Gasteiger partial charge in [-0.3, -0.25) is 9.69 Å². The lowest BCUT2D eigenvalue weighted by atomic mass is 9.89. The molecule has 3 aliphatic rings. The Morgan fingerprint density at radius 1 is 1.00 bits per heavy atom. The van der Waals surface area contributed by atoms with Crippen LogP contribution in [0.3, 0.4) is 0 Å². The SMILES string of the molecule is O=C(NC1CCN(C2CCCCC2O)CC1)c1ccc2c(c1)CCC2. The number of carbonyl (C=O) groups is 1. The highest BCUT2D eigenvalue weighted by molar-refractivity contribution is 5.94. The Morgan fingerprint density at radius 2 is 1.76 bits per heavy atom. The van der Waals surface area contributed by atoms with E-state index < -0.39 is 0 Å². The van der Waals surface area contributed by atoms with Gasteiger partial charge in [0.25, 0.3) is 5.91 Å². The second-order valence-electron chi connectivity index (χ2n) is 8.04. The van der Waals surface area contributed by atoms with Gasteiger partial charge in [0.1, 0.15) is 0 Å². The van der Waals surface area contributed by atoms with Crippen molar-refractivity contribution < 1.29 is 9.90 Å². The summed E-state index contributed by atoms with van der Waals surface area (Å²) in [5.41, 5.74) is 3.58. The molecule has 25 heavy (non-hydrogen) atoms. The topological polar surface area (TPSA) is 52.6 Å². The van der Waals surface area contributed by atoms with Gasteiger partial charge in [-0.05, 0) is 68.2 Å². The zero-order chi connectivity index (χ0) is 17.2. The molecule has 2 fully saturated rings. The molecule has 0 bridgehead atoms. The van der Waals surface area contributed by atoms with Gasteiger partial charge in [-0.15, -0.1) is 0 Å². The van der Waals surface area contributed by atoms with Gasteiger partial charge >= 0.3 is 0 Å². The van der Waals surface area contributed by atoms with Crippen LogP contribution in [0.5, 0.6) is 0 Å². The van der Waals surface area contributed by atoms with E-state index in [4.69, 9.17) is 0 Å². The number of aliphatic hydroxyl groups excluding tert-OH is 1. The molecule has 2 aliphatic carbocycles. The highest BCUT2D eigenvalue weighted by Gasteiger charge is 2.31. The third-order valence-corrected chi connectivity index (χ3v) is 6.39. The van der Waals surface area contributed by atoms with Crippen LogP contribution in [-0.4, -0.2) is 47.2 Å². The number of piperidine rings is 1. The number of rotatable bonds is 3. The highest BCUT2D eigenvalue weighted by Crippen LogP contribution is 2.26. The second-order valence-corrected chi connectivity index (χ2v) is 8.04. The van der Waals surface area contributed by atoms with Crippen molar-refractivity contribution in [3.05, 3.63) is 34.9 Å². The Bertz CT molecular complexity index is 622. The molecule has 1 amide bonds. The van der Waals surface area contributed by atoms with Gasteiger partial charge in [-0.2, -0.15) is 0 Å². The van der Waals surface area contributed by atoms with Crippen LogP contribution in [0.1, 0.15) is 66.4 Å². The summed E-state index contributed by atoms with van der Waals surface area (Å²) in [5.74, 6) is 0.0749. The molecule has 2 unspecified atom stereocenters. The van der Waals surface area contributed by atoms with E-state index in [1.807, 2.05) is 6.07 Å². The quantitative estimate of drug-likeness (QED) is 0.888. The summed E-state index contributed by atoms with van der Waals surface area (Å²) >= 11 is 0. The van der Waals surface area contributed by atoms with Gasteiger partial charge in [0.15, 0.2) is 0 Å². The molecule has 1 aliphatic heterocycles. The molecule has 1 saturated heterocycles. The number of amides is 1. The largest absolute Gasteiger partial charge is 0.391 e. The lowest BCUT2D eigenvalue weighted by Gasteiger charge is -2.41. The maximum atomic E-state index is 12.6. The first-order valence-electron chi connectivity index (χ1n) is 10.1. The van der Waals surface area contributed by atoms with E-state index in [1.54, 1.807) is 0 Å². The number of aliphatic hydroxyl groups is 1. The van der Waals surface area contributed by atoms with Crippen molar-refractivity contribution in [2.45, 2.75) is 76.0 Å². The fourth-order valence-corrected chi connectivity index (χ4v) is 4.87. The molecular weight excluding hydrogens is 312 g/mol. The van der Waals surface area contributed by atoms with Crippen LogP contribution < -0.4 is 5.32 Å². The molecule has 4 rings (SSSR count). The summed E-state index contributed by atoms with van der Waals surface area (Å²) in [6.45, 7) is 1.97. The number of nitrogens with one attached hydrogen (secondary N) is 1. The van der Waals surface area contributed by atoms with Crippen LogP contribution in [0, 0.1) is 0 Å². The summed E-state index contributed by atoms with van der Waals surface area (Å²) in [6.07, 6.45) is 9.74. The minimum atomic E-state index is -0.161. The molecule has 1 aromatic rings. The molecule has 4 nitrogen and oxygen atoms in total. The number of hydrogen-bond donors (Lipinski definition) is 2. The molecule has 2 atom stereocenters. The normalized spacial score (nSPS) is 27.9. The Labute approximate surface area is 150 Å². The molecule has 4 heteroatoms. The van der Waals surface area contributed by atoms with Crippen LogP contribution in [-0.2, 0) is 12.8 Å². The lowest BCUT2D eigenvalue weighted by Crippen LogP contribution is -2.52. The summed E-state index contributed by atoms with van der Waals surface area (Å²) in [7, 11) is 0. The average Bonchev–Trinajstić information content (AvgIpc) is 3.10. The maximum Gasteiger partial charge on any atom is 0.251 e. The number of fused-ring (bicyclic) bond motifs is 1. The van der Waals surface area contributed by atoms with E-state index in [0.29, 0.717) is 6.04 Å². The van der Waals surface area contributed by atoms with Gasteiger partial charge in [0.05, 0.1) is 6.10 Å². The molecular formula is C21H30N2O2. The molecule has 1 saturated carbocycles. The molecule has 0 spiro atoms. The Kier molecular flexibility index (Phi) is 5.09. The fourth-order valence-electron chi connectivity index (χ4n) is 4.87. The standard InChI is InChI=1S/C21H30N2O2/c24-20-7-2-1-6-19(20)23-12-10-18(11-13-23)22-21(25)17-9-8-15-4-3-5-16(15)14-17/h8-9,14,18-20,24H,1-7,10-13H2,(H,22,25). The van der Waals surface area contributed by atoms with E-state index in [1.165, 1.54) is 24.0 Å². The van der Waals surface area contributed by atoms with Gasteiger partial charge in [0.2, 0.25) is 0 Å². The predicted octanol–water partition coefficient (Wildman–Crippen LogP) is 2.67. The van der Waals surface area contributed by atoms with Crippen LogP contribution in [0.2, 0.25) is 0 Å². The molecule has 0 radical (unpaired) electrons. The lowest BCUT2D eigenvalue weighted by molar-refractivity contribution is 0.00727. The Balaban J connectivity index is 1.30. The van der Waals surface area contributed by atoms with Crippen LogP contribution >= 0.6 is 0 Å². The first-order valence-corrected chi connectivity index (χ1v) is 10.1. The van der Waals surface area contributed by atoms with E-state index in [9.17, 15) is 9.90 Å². The van der Waals surface area contributed by atoms with E-state index in [0.717, 1.165) is 63.6 Å². The van der Waals surface area contributed by atoms with E-state index in [2.05, 4.69) is 22.3 Å². The number of aryl methyl sites for hydroxylation is 2. The second kappa shape index (κ2) is 7.46. The van der Waals surface area contributed by atoms with Crippen LogP contribution in [0.25, 0.3) is 0 Å². The minimum absolute atomic E-state index is 0.0749. The van der Waals surface area contributed by atoms with Crippen LogP contribution in [0.4, 0.5) is 0 Å². The highest BCUT2D eigenvalue weighted by atomic mass is 16.3. The van der Waals surface area contributed by atoms with Crippen molar-refractivity contribution in [1.29, 1.82) is 0 Å². The summed E-state index contributed by atoms with van der Waals surface area (Å²) < 4.78 is 0. The Hall–Kier alpha value is -1.39. The molecule has 136 valence electrons. The predicted molar refractivity (Wildman–Crippen MR) is 98.8 cm³/mol. The van der Waals surface area contributed by atoms with Crippen molar-refractivity contribution in [1.82, 2.24) is 10.2 Å². The van der Waals surface area contributed by atoms with Crippen molar-refractivity contribution in [3.63, 3.8) is 0 Å². The van der Waals surface area contributed by atoms with Crippen LogP contribution in [0.15, 0.2) is 18.2 Å². The van der Waals surface area contributed by atoms with Gasteiger partial charge in [0, 0.05) is 30.7 Å². The zero-order valence-corrected chi connectivity index (χ0v) is 15.0. The molecule has 2 N–H and O–H groups in total. The number of benzene rings is 1. The van der Waals surface area contributed by atoms with Crippen molar-refractivity contribution in [2.24, 2.45) is 0 Å². The zero-order valence-electron chi connectivity index (χ0n) is 15.0. The van der Waals surface area contributed by atoms with Crippen molar-refractivity contribution in [3.8, 4) is 0 Å². The maximum absolute atomic E-state index is 12.6. The van der Waals surface area contributed by atoms with Gasteiger partial charge in [-0.1, -0.05) is 18.9 Å².